The summed E-state index contributed by atoms with van der Waals surface area (Å²) >= 11 is 6.07. The molecule has 0 aromatic heterocycles. The van der Waals surface area contributed by atoms with Crippen molar-refractivity contribution in [3.63, 3.8) is 0 Å². The zero-order valence-corrected chi connectivity index (χ0v) is 16.1. The molecule has 2 heterocycles. The van der Waals surface area contributed by atoms with Gasteiger partial charge in [0.05, 0.1) is 18.6 Å². The van der Waals surface area contributed by atoms with Gasteiger partial charge in [-0.05, 0) is 25.1 Å². The first kappa shape index (κ1) is 19.0. The molecule has 2 saturated heterocycles. The van der Waals surface area contributed by atoms with Gasteiger partial charge in [0.2, 0.25) is 11.8 Å². The molecule has 2 atom stereocenters. The molecule has 0 bridgehead atoms. The number of nitrogens with zero attached hydrogens (tertiary/aromatic N) is 3. The Balaban J connectivity index is 1.55. The first-order chi connectivity index (χ1) is 12.5. The van der Waals surface area contributed by atoms with Crippen LogP contribution >= 0.6 is 11.6 Å². The fourth-order valence-corrected chi connectivity index (χ4v) is 3.95. The van der Waals surface area contributed by atoms with Gasteiger partial charge < -0.3 is 19.4 Å². The molecule has 1 aromatic rings. The molecule has 0 N–H and O–H groups in total. The number of hydrogen-bond acceptors (Lipinski definition) is 4. The maximum Gasteiger partial charge on any atom is 0.228 e. The smallest absolute Gasteiger partial charge is 0.228 e. The van der Waals surface area contributed by atoms with Crippen molar-refractivity contribution >= 4 is 29.1 Å². The summed E-state index contributed by atoms with van der Waals surface area (Å²) in [7, 11) is 1.62. The minimum Gasteiger partial charge on any atom is -0.383 e. The topological polar surface area (TPSA) is 53.1 Å². The average molecular weight is 380 g/mol. The first-order valence-corrected chi connectivity index (χ1v) is 9.45. The van der Waals surface area contributed by atoms with Crippen molar-refractivity contribution in [3.05, 3.63) is 29.3 Å². The molecule has 26 heavy (non-hydrogen) atoms. The predicted molar refractivity (Wildman–Crippen MR) is 101 cm³/mol. The van der Waals surface area contributed by atoms with Crippen LogP contribution in [0.1, 0.15) is 13.3 Å². The summed E-state index contributed by atoms with van der Waals surface area (Å²) < 4.78 is 5.13. The molecule has 3 rings (SSSR count). The largest absolute Gasteiger partial charge is 0.383 e. The number of halogens is 1. The van der Waals surface area contributed by atoms with E-state index in [2.05, 4.69) is 4.90 Å². The number of benzene rings is 1. The number of anilines is 1. The number of ether oxygens (including phenoxy) is 1. The molecule has 0 saturated carbocycles. The van der Waals surface area contributed by atoms with E-state index in [9.17, 15) is 9.59 Å². The van der Waals surface area contributed by atoms with Crippen LogP contribution in [0.15, 0.2) is 24.3 Å². The van der Waals surface area contributed by atoms with E-state index in [0.29, 0.717) is 32.7 Å². The zero-order valence-electron chi connectivity index (χ0n) is 15.4. The van der Waals surface area contributed by atoms with Crippen LogP contribution < -0.4 is 4.90 Å². The summed E-state index contributed by atoms with van der Waals surface area (Å²) in [6.07, 6.45) is 0.307. The Kier molecular flexibility index (Phi) is 6.04. The van der Waals surface area contributed by atoms with Crippen LogP contribution in [0, 0.1) is 5.92 Å². The van der Waals surface area contributed by atoms with Crippen molar-refractivity contribution in [3.8, 4) is 0 Å². The lowest BCUT2D eigenvalue weighted by Gasteiger charge is -2.37. The van der Waals surface area contributed by atoms with Gasteiger partial charge >= 0.3 is 0 Å². The van der Waals surface area contributed by atoms with Gasteiger partial charge in [-0.25, -0.2) is 0 Å². The SMILES string of the molecule is COC[C@@H](C)N1C[C@H](C(=O)N2CCN(c3cccc(Cl)c3)CC2)CC1=O. The lowest BCUT2D eigenvalue weighted by molar-refractivity contribution is -0.136. The lowest BCUT2D eigenvalue weighted by Crippen LogP contribution is -2.50. The van der Waals surface area contributed by atoms with Crippen LogP contribution in [0.25, 0.3) is 0 Å². The van der Waals surface area contributed by atoms with E-state index in [1.54, 1.807) is 12.0 Å². The predicted octanol–water partition coefficient (Wildman–Crippen LogP) is 1.87. The van der Waals surface area contributed by atoms with Gasteiger partial charge in [-0.3, -0.25) is 9.59 Å². The van der Waals surface area contributed by atoms with Crippen molar-refractivity contribution in [1.82, 2.24) is 9.80 Å². The molecule has 142 valence electrons. The van der Waals surface area contributed by atoms with E-state index in [0.717, 1.165) is 23.8 Å². The van der Waals surface area contributed by atoms with Gasteiger partial charge in [0.25, 0.3) is 0 Å². The summed E-state index contributed by atoms with van der Waals surface area (Å²) in [6.45, 7) is 5.83. The fourth-order valence-electron chi connectivity index (χ4n) is 3.77. The monoisotopic (exact) mass is 379 g/mol. The number of amides is 2. The Morgan fingerprint density at radius 1 is 1.31 bits per heavy atom. The van der Waals surface area contributed by atoms with Crippen LogP contribution in [-0.2, 0) is 14.3 Å². The van der Waals surface area contributed by atoms with Crippen LogP contribution in [0.2, 0.25) is 5.02 Å². The standard InChI is InChI=1S/C19H26ClN3O3/c1-14(13-26-2)23-12-15(10-18(23)24)19(25)22-8-6-21(7-9-22)17-5-3-4-16(20)11-17/h3-5,11,14-15H,6-10,12-13H2,1-2H3/t14-,15-/m1/s1. The number of hydrogen-bond donors (Lipinski definition) is 0. The highest BCUT2D eigenvalue weighted by Gasteiger charge is 2.39. The molecule has 0 unspecified atom stereocenters. The molecule has 6 nitrogen and oxygen atoms in total. The van der Waals surface area contributed by atoms with E-state index in [-0.39, 0.29) is 23.8 Å². The number of piperazine rings is 1. The maximum absolute atomic E-state index is 12.8. The highest BCUT2D eigenvalue weighted by molar-refractivity contribution is 6.30. The molecule has 2 aliphatic heterocycles. The Morgan fingerprint density at radius 3 is 2.69 bits per heavy atom. The Bertz CT molecular complexity index is 661. The third-order valence-corrected chi connectivity index (χ3v) is 5.45. The molecule has 2 aliphatic rings. The van der Waals surface area contributed by atoms with E-state index in [4.69, 9.17) is 16.3 Å². The molecular formula is C19H26ClN3O3. The Morgan fingerprint density at radius 2 is 2.04 bits per heavy atom. The van der Waals surface area contributed by atoms with Crippen LogP contribution in [0.3, 0.4) is 0 Å². The van der Waals surface area contributed by atoms with Crippen LogP contribution in [0.5, 0.6) is 0 Å². The second kappa shape index (κ2) is 8.27. The summed E-state index contributed by atoms with van der Waals surface area (Å²) in [4.78, 5) is 31.0. The lowest BCUT2D eigenvalue weighted by atomic mass is 10.1. The van der Waals surface area contributed by atoms with Crippen LogP contribution in [-0.4, -0.2) is 74.1 Å². The quantitative estimate of drug-likeness (QED) is 0.783. The molecule has 1 aromatic carbocycles. The normalized spacial score (nSPS) is 22.0. The maximum atomic E-state index is 12.8. The minimum atomic E-state index is -0.237. The van der Waals surface area contributed by atoms with Crippen molar-refractivity contribution in [2.75, 3.05) is 51.3 Å². The number of carbonyl (C=O) groups excluding carboxylic acids is 2. The fraction of sp³-hybridized carbons (Fsp3) is 0.579. The zero-order chi connectivity index (χ0) is 18.7. The molecule has 2 fully saturated rings. The number of carbonyl (C=O) groups is 2. The average Bonchev–Trinajstić information content (AvgIpc) is 3.03. The first-order valence-electron chi connectivity index (χ1n) is 9.07. The van der Waals surface area contributed by atoms with Gasteiger partial charge in [0.15, 0.2) is 0 Å². The molecule has 0 spiro atoms. The Labute approximate surface area is 159 Å². The number of likely N-dealkylation sites (tertiary alicyclic amines) is 1. The van der Waals surface area contributed by atoms with Gasteiger partial charge in [-0.15, -0.1) is 0 Å². The summed E-state index contributed by atoms with van der Waals surface area (Å²) in [5, 5.41) is 0.718. The van der Waals surface area contributed by atoms with E-state index >= 15 is 0 Å². The summed E-state index contributed by atoms with van der Waals surface area (Å²) in [6, 6.07) is 7.79. The summed E-state index contributed by atoms with van der Waals surface area (Å²) in [5.41, 5.74) is 1.08. The van der Waals surface area contributed by atoms with Crippen molar-refractivity contribution in [1.29, 1.82) is 0 Å². The van der Waals surface area contributed by atoms with E-state index in [1.165, 1.54) is 0 Å². The second-order valence-electron chi connectivity index (χ2n) is 7.04. The third kappa shape index (κ3) is 4.13. The van der Waals surface area contributed by atoms with Gasteiger partial charge in [-0.1, -0.05) is 17.7 Å². The van der Waals surface area contributed by atoms with Crippen LogP contribution in [0.4, 0.5) is 5.69 Å². The molecular weight excluding hydrogens is 354 g/mol. The molecule has 2 amide bonds. The molecule has 0 radical (unpaired) electrons. The van der Waals surface area contributed by atoms with Gasteiger partial charge in [0.1, 0.15) is 0 Å². The minimum absolute atomic E-state index is 0.00461. The highest BCUT2D eigenvalue weighted by Crippen LogP contribution is 2.25. The molecule has 0 aliphatic carbocycles. The highest BCUT2D eigenvalue weighted by atomic mass is 35.5. The second-order valence-corrected chi connectivity index (χ2v) is 7.48. The van der Waals surface area contributed by atoms with Crippen molar-refractivity contribution < 1.29 is 14.3 Å². The van der Waals surface area contributed by atoms with Gasteiger partial charge in [-0.2, -0.15) is 0 Å². The third-order valence-electron chi connectivity index (χ3n) is 5.21. The molecule has 7 heteroatoms. The summed E-state index contributed by atoms with van der Waals surface area (Å²) in [5.74, 6) is -0.0961. The number of rotatable bonds is 5. The Hall–Kier alpha value is -1.79. The van der Waals surface area contributed by atoms with Crippen molar-refractivity contribution in [2.24, 2.45) is 5.92 Å². The van der Waals surface area contributed by atoms with E-state index in [1.807, 2.05) is 36.1 Å². The number of methoxy groups -OCH3 is 1. The van der Waals surface area contributed by atoms with Gasteiger partial charge in [0, 0.05) is 57.0 Å². The van der Waals surface area contributed by atoms with E-state index < -0.39 is 0 Å². The van der Waals surface area contributed by atoms with Crippen molar-refractivity contribution in [2.45, 2.75) is 19.4 Å².